The van der Waals surface area contributed by atoms with Crippen molar-refractivity contribution in [2.24, 2.45) is 21.7 Å². The number of aliphatic hydroxyl groups is 1. The van der Waals surface area contributed by atoms with Crippen LogP contribution in [0.3, 0.4) is 0 Å². The van der Waals surface area contributed by atoms with Crippen LogP contribution in [0.5, 0.6) is 0 Å². The van der Waals surface area contributed by atoms with E-state index in [9.17, 15) is 18.3 Å². The Labute approximate surface area is 590 Å². The topological polar surface area (TPSA) is 139 Å². The standard InChI is InChI=1S/C20H29N2OP.C18H23N2S.C17H19F3N3.C15H23NO.2Ir.Pd.Pt/c1-19(2,24-16-11-7-6-8-12-16)18-21-17(23-22-18)15-20(3)13-9-4-5-10-14-20;1-18(12-6-3-7-13-18)14-8-11-16-19-17(21-20-16)15-9-4-2-5-10-15;1-11(16(2)9-3-4-10-16)14-21-15(23-22-14)12-5-7-13(8-6-12)17(18,19)20;1-14(2,17)13-10-12(6-9-16-13)11-15(3)7-4-5-8-15;;;;/h6-8,11-12,24H,4-5,9-10,13-15H2,1-3H3;2,4-5,9H,3,6-8,11-14H2,1H3;5,7-8,11H,3-4,9-10H2,1-2H3,(H,21,22,23);6,9-10,17H,4-5,7-8,11H2,1-3H3;;;;/q;2*-1;;;;;. The number of hydrogen-bond donors (Lipinski definition) is 2. The first-order valence-electron chi connectivity index (χ1n) is 31.6. The zero-order valence-electron chi connectivity index (χ0n) is 53.5. The van der Waals surface area contributed by atoms with Gasteiger partial charge in [0.05, 0.1) is 16.5 Å². The maximum absolute atomic E-state index is 12.6. The van der Waals surface area contributed by atoms with Gasteiger partial charge >= 0.3 is 6.18 Å². The Morgan fingerprint density at radius 2 is 1.30 bits per heavy atom. The quantitative estimate of drug-likeness (QED) is 0.0419. The number of alkyl halides is 3. The van der Waals surface area contributed by atoms with Gasteiger partial charge in [-0.05, 0) is 149 Å². The summed E-state index contributed by atoms with van der Waals surface area (Å²) in [5.41, 5.74) is 3.63. The Morgan fingerprint density at radius 3 is 1.90 bits per heavy atom. The molecule has 4 aromatic heterocycles. The monoisotopic (exact) mass is 1890 g/mol. The Kier molecular flexibility index (Phi) is 31.8. The van der Waals surface area contributed by atoms with E-state index in [-0.39, 0.29) is 98.2 Å². The first-order chi connectivity index (χ1) is 40.4. The van der Waals surface area contributed by atoms with Crippen LogP contribution >= 0.6 is 20.1 Å². The minimum atomic E-state index is -4.35. The summed E-state index contributed by atoms with van der Waals surface area (Å²) < 4.78 is 47.9. The van der Waals surface area contributed by atoms with Crippen molar-refractivity contribution >= 4 is 25.4 Å². The van der Waals surface area contributed by atoms with Gasteiger partial charge in [0.15, 0.2) is 5.82 Å². The van der Waals surface area contributed by atoms with Crippen molar-refractivity contribution in [1.29, 1.82) is 0 Å². The molecule has 0 amide bonds. The van der Waals surface area contributed by atoms with Crippen molar-refractivity contribution in [3.63, 3.8) is 0 Å². The number of rotatable bonds is 16. The fourth-order valence-corrected chi connectivity index (χ4v) is 15.1. The Balaban J connectivity index is 0.000000252. The number of hydrogen-bond acceptors (Lipinski definition) is 10. The van der Waals surface area contributed by atoms with Gasteiger partial charge < -0.3 is 14.6 Å². The van der Waals surface area contributed by atoms with Crippen LogP contribution in [0.1, 0.15) is 243 Å². The Morgan fingerprint density at radius 1 is 0.708 bits per heavy atom. The molecule has 4 saturated carbocycles. The van der Waals surface area contributed by atoms with Gasteiger partial charge in [-0.1, -0.05) is 161 Å². The van der Waals surface area contributed by atoms with E-state index in [1.54, 1.807) is 13.8 Å². The molecule has 10 nitrogen and oxygen atoms in total. The van der Waals surface area contributed by atoms with Gasteiger partial charge in [0.25, 0.3) is 0 Å². The van der Waals surface area contributed by atoms with Gasteiger partial charge in [0, 0.05) is 112 Å². The van der Waals surface area contributed by atoms with E-state index in [4.69, 9.17) is 9.51 Å². The van der Waals surface area contributed by atoms with E-state index < -0.39 is 17.3 Å². The van der Waals surface area contributed by atoms with E-state index in [1.807, 2.05) is 30.5 Å². The molecule has 2 radical (unpaired) electrons. The van der Waals surface area contributed by atoms with Crippen molar-refractivity contribution < 1.29 is 104 Å². The zero-order chi connectivity index (χ0) is 60.8. The van der Waals surface area contributed by atoms with E-state index in [0.29, 0.717) is 36.2 Å². The zero-order valence-corrected chi connectivity index (χ0v) is 64.0. The van der Waals surface area contributed by atoms with Crippen molar-refractivity contribution in [3.8, 4) is 22.0 Å². The number of nitrogens with one attached hydrogen (secondary N) is 1. The molecule has 4 aliphatic carbocycles. The minimum Gasteiger partial charge on any atom is -0.384 e. The summed E-state index contributed by atoms with van der Waals surface area (Å²) in [7, 11) is 0.636. The second kappa shape index (κ2) is 35.8. The fourth-order valence-electron chi connectivity index (χ4n) is 13.1. The van der Waals surface area contributed by atoms with Gasteiger partial charge in [-0.3, -0.25) is 9.97 Å². The molecular formula is C70H94F3Ir2N8O2PPdPtS-2. The molecule has 2 N–H and O–H groups in total. The number of nitrogens with zero attached hydrogens (tertiary/aromatic N) is 7. The Hall–Kier alpha value is -2.52. The second-order valence-electron chi connectivity index (χ2n) is 27.5. The third-order valence-corrected chi connectivity index (χ3v) is 21.0. The Bertz CT molecular complexity index is 3120. The molecule has 2 unspecified atom stereocenters. The van der Waals surface area contributed by atoms with Crippen LogP contribution < -0.4 is 5.30 Å². The van der Waals surface area contributed by atoms with Crippen LogP contribution in [-0.2, 0) is 118 Å². The summed E-state index contributed by atoms with van der Waals surface area (Å²) in [6, 6.07) is 31.9. The maximum Gasteiger partial charge on any atom is 0.381 e. The average Bonchev–Trinajstić information content (AvgIpc) is 4.55. The summed E-state index contributed by atoms with van der Waals surface area (Å²) in [6.45, 7) is 19.6. The maximum atomic E-state index is 12.6. The summed E-state index contributed by atoms with van der Waals surface area (Å²) in [5.74, 6) is 4.16. The van der Waals surface area contributed by atoms with Crippen LogP contribution in [0.25, 0.3) is 22.0 Å². The summed E-state index contributed by atoms with van der Waals surface area (Å²) >= 11 is 1.50. The third kappa shape index (κ3) is 24.0. The molecule has 4 fully saturated rings. The number of aromatic amines is 1. The van der Waals surface area contributed by atoms with Crippen molar-refractivity contribution in [1.82, 2.24) is 39.7 Å². The smallest absolute Gasteiger partial charge is 0.381 e. The summed E-state index contributed by atoms with van der Waals surface area (Å²) in [5, 5.41) is 24.8. The van der Waals surface area contributed by atoms with Gasteiger partial charge in [-0.2, -0.15) is 27.6 Å². The number of pyridine rings is 1. The fraction of sp³-hybridized carbons (Fsp3) is 0.586. The van der Waals surface area contributed by atoms with Crippen LogP contribution in [0.15, 0.2) is 95.6 Å². The van der Waals surface area contributed by atoms with E-state index in [0.717, 1.165) is 83.9 Å². The molecule has 4 aliphatic rings. The van der Waals surface area contributed by atoms with Crippen LogP contribution in [0.2, 0.25) is 0 Å². The van der Waals surface area contributed by atoms with Crippen LogP contribution in [0.4, 0.5) is 13.2 Å². The number of benzene rings is 3. The largest absolute Gasteiger partial charge is 0.384 e. The molecule has 498 valence electrons. The number of halogens is 3. The molecule has 11 rings (SSSR count). The van der Waals surface area contributed by atoms with Gasteiger partial charge in [-0.25, -0.2) is 0 Å². The third-order valence-electron chi connectivity index (χ3n) is 18.8. The van der Waals surface area contributed by atoms with Gasteiger partial charge in [-0.15, -0.1) is 70.8 Å². The molecule has 0 spiro atoms. The molecular weight excluding hydrogens is 1790 g/mol. The minimum absolute atomic E-state index is 0. The second-order valence-corrected chi connectivity index (χ2v) is 30.3. The number of H-pyrrole nitrogens is 1. The molecule has 0 saturated heterocycles. The SMILES string of the molecule is CC(c1nnc(-c2[c-]cc(C(F)(F)F)cc2)[nH]1)C1(C)CCCC1.CC1(CCCc2nsc(-c3[c-]cccc3)n2)CCCCC1.CC1(Cc2ccnc(C(C)(C)O)c2)CCCC1.CC1(Cc2nc(C(C)(C)Pc3ccccc3)no2)CCCCCC1.[Ir].[Ir].[Pd].[Pt]. The van der Waals surface area contributed by atoms with Gasteiger partial charge in [0.1, 0.15) is 17.2 Å². The molecule has 4 heterocycles. The first-order valence-corrected chi connectivity index (χ1v) is 33.3. The summed E-state index contributed by atoms with van der Waals surface area (Å²) in [6.07, 6.45) is 28.2. The number of aromatic nitrogens is 8. The first kappa shape index (κ1) is 78.9. The van der Waals surface area contributed by atoms with Crippen molar-refractivity contribution in [2.45, 2.75) is 239 Å². The normalized spacial score (nSPS) is 17.9. The molecule has 19 heteroatoms. The van der Waals surface area contributed by atoms with Crippen molar-refractivity contribution in [3.05, 3.63) is 143 Å². The van der Waals surface area contributed by atoms with Gasteiger partial charge in [0.2, 0.25) is 5.89 Å². The van der Waals surface area contributed by atoms with E-state index in [1.165, 1.54) is 150 Å². The molecule has 7 aromatic rings. The molecule has 0 aliphatic heterocycles. The average molecular weight is 1890 g/mol. The number of aryl methyl sites for hydroxylation is 1. The van der Waals surface area contributed by atoms with Crippen LogP contribution in [-0.4, -0.2) is 44.8 Å². The molecule has 3 aromatic carbocycles. The summed E-state index contributed by atoms with van der Waals surface area (Å²) in [4.78, 5) is 16.9. The molecule has 0 bridgehead atoms. The predicted molar refractivity (Wildman–Crippen MR) is 340 cm³/mol. The van der Waals surface area contributed by atoms with E-state index >= 15 is 0 Å². The predicted octanol–water partition coefficient (Wildman–Crippen LogP) is 18.9. The van der Waals surface area contributed by atoms with E-state index in [2.05, 4.69) is 138 Å². The molecule has 89 heavy (non-hydrogen) atoms. The van der Waals surface area contributed by atoms with Crippen molar-refractivity contribution in [2.75, 3.05) is 0 Å². The molecule has 2 atom stereocenters. The van der Waals surface area contributed by atoms with Crippen LogP contribution in [0, 0.1) is 33.8 Å².